The van der Waals surface area contributed by atoms with Crippen molar-refractivity contribution in [3.8, 4) is 17.2 Å². The lowest BCUT2D eigenvalue weighted by molar-refractivity contribution is -0.274. The van der Waals surface area contributed by atoms with Gasteiger partial charge in [-0.15, -0.1) is 13.2 Å². The Morgan fingerprint density at radius 2 is 1.67 bits per heavy atom. The Morgan fingerprint density at radius 3 is 2.15 bits per heavy atom. The van der Waals surface area contributed by atoms with Crippen molar-refractivity contribution >= 4 is 48.3 Å². The normalized spacial score (nSPS) is 11.8. The minimum atomic E-state index is -4.90. The first-order valence-corrected chi connectivity index (χ1v) is 9.79. The summed E-state index contributed by atoms with van der Waals surface area (Å²) in [5.74, 6) is -0.878. The second-order valence-electron chi connectivity index (χ2n) is 4.80. The molecular formula is C15H9Br2F3O6S. The molecule has 6 nitrogen and oxygen atoms in total. The maximum absolute atomic E-state index is 12.4. The van der Waals surface area contributed by atoms with Gasteiger partial charge in [0.15, 0.2) is 17.8 Å². The van der Waals surface area contributed by atoms with Crippen molar-refractivity contribution in [1.29, 1.82) is 0 Å². The SMILES string of the molecule is COc1cc(C=O)c(Br)c(Br)c1OS(=O)(=O)c1ccc(OC(F)(F)F)cc1. The van der Waals surface area contributed by atoms with E-state index in [9.17, 15) is 26.4 Å². The summed E-state index contributed by atoms with van der Waals surface area (Å²) >= 11 is 6.24. The van der Waals surface area contributed by atoms with E-state index in [2.05, 4.69) is 36.6 Å². The van der Waals surface area contributed by atoms with Gasteiger partial charge in [-0.3, -0.25) is 4.79 Å². The molecule has 0 radical (unpaired) electrons. The predicted octanol–water partition coefficient (Wildman–Crippen LogP) is 4.70. The van der Waals surface area contributed by atoms with Crippen LogP contribution in [-0.2, 0) is 10.1 Å². The van der Waals surface area contributed by atoms with Gasteiger partial charge in [-0.05, 0) is 62.2 Å². The van der Waals surface area contributed by atoms with Gasteiger partial charge >= 0.3 is 16.5 Å². The van der Waals surface area contributed by atoms with Crippen LogP contribution in [0.5, 0.6) is 17.2 Å². The summed E-state index contributed by atoms with van der Waals surface area (Å²) in [6.45, 7) is 0. The van der Waals surface area contributed by atoms with Crippen LogP contribution in [0.2, 0.25) is 0 Å². The third-order valence-corrected chi connectivity index (χ3v) is 6.42. The molecule has 0 heterocycles. The Bertz CT molecular complexity index is 959. The number of hydrogen-bond acceptors (Lipinski definition) is 6. The van der Waals surface area contributed by atoms with Crippen molar-refractivity contribution in [2.75, 3.05) is 7.11 Å². The zero-order valence-electron chi connectivity index (χ0n) is 13.2. The van der Waals surface area contributed by atoms with Crippen LogP contribution >= 0.6 is 31.9 Å². The topological polar surface area (TPSA) is 78.9 Å². The van der Waals surface area contributed by atoms with Gasteiger partial charge in [0, 0.05) is 10.0 Å². The van der Waals surface area contributed by atoms with E-state index in [1.807, 2.05) is 0 Å². The third-order valence-electron chi connectivity index (χ3n) is 3.04. The molecule has 0 amide bonds. The summed E-state index contributed by atoms with van der Waals surface area (Å²) in [5, 5.41) is 0. The Morgan fingerprint density at radius 1 is 1.07 bits per heavy atom. The Hall–Kier alpha value is -1.79. The summed E-state index contributed by atoms with van der Waals surface area (Å²) in [5.41, 5.74) is 0.178. The molecule has 0 aliphatic heterocycles. The Labute approximate surface area is 168 Å². The first-order chi connectivity index (χ1) is 12.5. The standard InChI is InChI=1S/C15H9Br2F3O6S/c1-24-11-6-8(7-21)12(16)13(17)14(11)26-27(22,23)10-4-2-9(3-5-10)25-15(18,19)20/h2-7H,1H3. The first kappa shape index (κ1) is 21.5. The van der Waals surface area contributed by atoms with Crippen LogP contribution in [0.15, 0.2) is 44.2 Å². The predicted molar refractivity (Wildman–Crippen MR) is 94.7 cm³/mol. The number of methoxy groups -OCH3 is 1. The van der Waals surface area contributed by atoms with Crippen molar-refractivity contribution in [3.05, 3.63) is 44.8 Å². The number of benzene rings is 2. The zero-order valence-corrected chi connectivity index (χ0v) is 17.2. The lowest BCUT2D eigenvalue weighted by Crippen LogP contribution is -2.17. The van der Waals surface area contributed by atoms with Gasteiger partial charge in [-0.25, -0.2) is 0 Å². The van der Waals surface area contributed by atoms with Gasteiger partial charge in [0.2, 0.25) is 0 Å². The van der Waals surface area contributed by atoms with E-state index in [1.54, 1.807) is 0 Å². The van der Waals surface area contributed by atoms with Crippen molar-refractivity contribution in [3.63, 3.8) is 0 Å². The second-order valence-corrected chi connectivity index (χ2v) is 7.93. The highest BCUT2D eigenvalue weighted by atomic mass is 79.9. The van der Waals surface area contributed by atoms with Crippen LogP contribution in [0.25, 0.3) is 0 Å². The number of halogens is 5. The fraction of sp³-hybridized carbons (Fsp3) is 0.133. The summed E-state index contributed by atoms with van der Waals surface area (Å²) in [7, 11) is -3.18. The summed E-state index contributed by atoms with van der Waals surface area (Å²) < 4.78 is 75.5. The molecule has 0 aliphatic carbocycles. The van der Waals surface area contributed by atoms with Gasteiger partial charge < -0.3 is 13.7 Å². The van der Waals surface area contributed by atoms with Gasteiger partial charge in [-0.2, -0.15) is 8.42 Å². The van der Waals surface area contributed by atoms with Gasteiger partial charge in [0.1, 0.15) is 10.6 Å². The molecular weight excluding hydrogens is 525 g/mol. The molecule has 0 spiro atoms. The highest BCUT2D eigenvalue weighted by Gasteiger charge is 2.31. The van der Waals surface area contributed by atoms with E-state index in [0.717, 1.165) is 24.3 Å². The average Bonchev–Trinajstić information content (AvgIpc) is 2.58. The maximum Gasteiger partial charge on any atom is 0.573 e. The van der Waals surface area contributed by atoms with E-state index < -0.39 is 27.1 Å². The van der Waals surface area contributed by atoms with E-state index >= 15 is 0 Å². The lowest BCUT2D eigenvalue weighted by atomic mass is 10.2. The molecule has 146 valence electrons. The molecule has 27 heavy (non-hydrogen) atoms. The molecule has 2 rings (SSSR count). The van der Waals surface area contributed by atoms with Crippen LogP contribution < -0.4 is 13.7 Å². The molecule has 0 N–H and O–H groups in total. The Kier molecular flexibility index (Phi) is 6.43. The third kappa shape index (κ3) is 5.14. The number of carbonyl (C=O) groups is 1. The Balaban J connectivity index is 2.39. The minimum absolute atomic E-state index is 0.0484. The molecule has 2 aromatic rings. The molecule has 0 atom stereocenters. The van der Waals surface area contributed by atoms with E-state index in [-0.39, 0.29) is 26.0 Å². The van der Waals surface area contributed by atoms with Crippen LogP contribution in [-0.4, -0.2) is 28.2 Å². The zero-order chi connectivity index (χ0) is 20.4. The van der Waals surface area contributed by atoms with Crippen molar-refractivity contribution < 1.29 is 40.0 Å². The van der Waals surface area contributed by atoms with E-state index in [1.165, 1.54) is 13.2 Å². The quantitative estimate of drug-likeness (QED) is 0.395. The van der Waals surface area contributed by atoms with Crippen molar-refractivity contribution in [1.82, 2.24) is 0 Å². The van der Waals surface area contributed by atoms with Crippen molar-refractivity contribution in [2.24, 2.45) is 0 Å². The summed E-state index contributed by atoms with van der Waals surface area (Å²) in [6.07, 6.45) is -4.38. The van der Waals surface area contributed by atoms with Gasteiger partial charge in [0.25, 0.3) is 0 Å². The molecule has 0 aliphatic rings. The maximum atomic E-state index is 12.4. The van der Waals surface area contributed by atoms with E-state index in [4.69, 9.17) is 8.92 Å². The number of carbonyl (C=O) groups excluding carboxylic acids is 1. The van der Waals surface area contributed by atoms with Crippen molar-refractivity contribution in [2.45, 2.75) is 11.3 Å². The highest BCUT2D eigenvalue weighted by Crippen LogP contribution is 2.43. The minimum Gasteiger partial charge on any atom is -0.493 e. The van der Waals surface area contributed by atoms with Crippen LogP contribution in [0.3, 0.4) is 0 Å². The summed E-state index contributed by atoms with van der Waals surface area (Å²) in [4.78, 5) is 10.6. The molecule has 0 unspecified atom stereocenters. The molecule has 0 saturated heterocycles. The second kappa shape index (κ2) is 8.07. The fourth-order valence-corrected chi connectivity index (χ4v) is 3.84. The van der Waals surface area contributed by atoms with E-state index in [0.29, 0.717) is 6.29 Å². The summed E-state index contributed by atoms with van der Waals surface area (Å²) in [6, 6.07) is 4.72. The first-order valence-electron chi connectivity index (χ1n) is 6.80. The number of alkyl halides is 3. The smallest absolute Gasteiger partial charge is 0.493 e. The van der Waals surface area contributed by atoms with Crippen LogP contribution in [0.4, 0.5) is 13.2 Å². The molecule has 0 bridgehead atoms. The lowest BCUT2D eigenvalue weighted by Gasteiger charge is -2.15. The van der Waals surface area contributed by atoms with Crippen LogP contribution in [0.1, 0.15) is 10.4 Å². The largest absolute Gasteiger partial charge is 0.573 e. The van der Waals surface area contributed by atoms with Gasteiger partial charge in [0.05, 0.1) is 11.6 Å². The number of aldehydes is 1. The molecule has 12 heteroatoms. The molecule has 2 aromatic carbocycles. The number of rotatable bonds is 6. The van der Waals surface area contributed by atoms with Gasteiger partial charge in [-0.1, -0.05) is 0 Å². The highest BCUT2D eigenvalue weighted by molar-refractivity contribution is 9.13. The fourth-order valence-electron chi connectivity index (χ4n) is 1.89. The average molecular weight is 534 g/mol. The molecule has 0 aromatic heterocycles. The monoisotopic (exact) mass is 532 g/mol. The number of hydrogen-bond donors (Lipinski definition) is 0. The van der Waals surface area contributed by atoms with Crippen LogP contribution in [0, 0.1) is 0 Å². The molecule has 0 saturated carbocycles. The number of ether oxygens (including phenoxy) is 2. The molecule has 0 fully saturated rings.